The van der Waals surface area contributed by atoms with Crippen LogP contribution >= 0.6 is 11.6 Å². The Bertz CT molecular complexity index is 548. The number of benzene rings is 1. The summed E-state index contributed by atoms with van der Waals surface area (Å²) in [6.07, 6.45) is 2.63. The summed E-state index contributed by atoms with van der Waals surface area (Å²) >= 11 is 5.90. The number of carbonyl (C=O) groups is 1. The highest BCUT2D eigenvalue weighted by atomic mass is 35.5. The largest absolute Gasteiger partial charge is 0.350 e. The van der Waals surface area contributed by atoms with Crippen LogP contribution in [-0.4, -0.2) is 17.0 Å². The predicted molar refractivity (Wildman–Crippen MR) is 72.9 cm³/mol. The van der Waals surface area contributed by atoms with Crippen LogP contribution in [0.15, 0.2) is 42.6 Å². The molecular formula is C14H15ClN2O. The number of hydrogen-bond donors (Lipinski definition) is 1. The Kier molecular flexibility index (Phi) is 4.05. The zero-order valence-corrected chi connectivity index (χ0v) is 10.9. The third-order valence-corrected chi connectivity index (χ3v) is 3.00. The molecule has 0 aliphatic rings. The van der Waals surface area contributed by atoms with Crippen LogP contribution in [0, 0.1) is 0 Å². The molecule has 0 radical (unpaired) electrons. The number of amides is 1. The van der Waals surface area contributed by atoms with Gasteiger partial charge in [-0.3, -0.25) is 4.79 Å². The van der Waals surface area contributed by atoms with E-state index in [-0.39, 0.29) is 5.91 Å². The number of halogens is 1. The van der Waals surface area contributed by atoms with Crippen molar-refractivity contribution in [3.05, 3.63) is 58.9 Å². The fourth-order valence-electron chi connectivity index (χ4n) is 1.80. The molecule has 0 saturated carbocycles. The third kappa shape index (κ3) is 3.14. The Balaban J connectivity index is 1.86. The first-order chi connectivity index (χ1) is 8.66. The number of aryl methyl sites for hydroxylation is 1. The highest BCUT2D eigenvalue weighted by Crippen LogP contribution is 2.10. The van der Waals surface area contributed by atoms with Gasteiger partial charge in [-0.1, -0.05) is 23.7 Å². The lowest BCUT2D eigenvalue weighted by molar-refractivity contribution is 0.0946. The number of aromatic nitrogens is 1. The average Bonchev–Trinajstić information content (AvgIpc) is 2.75. The second kappa shape index (κ2) is 5.74. The summed E-state index contributed by atoms with van der Waals surface area (Å²) in [6, 6.07) is 11.3. The van der Waals surface area contributed by atoms with E-state index < -0.39 is 0 Å². The van der Waals surface area contributed by atoms with E-state index in [9.17, 15) is 4.79 Å². The number of rotatable bonds is 4. The number of hydrogen-bond acceptors (Lipinski definition) is 1. The summed E-state index contributed by atoms with van der Waals surface area (Å²) in [7, 11) is 1.85. The van der Waals surface area contributed by atoms with Gasteiger partial charge in [-0.2, -0.15) is 0 Å². The van der Waals surface area contributed by atoms with Gasteiger partial charge in [0.15, 0.2) is 0 Å². The third-order valence-electron chi connectivity index (χ3n) is 2.76. The summed E-state index contributed by atoms with van der Waals surface area (Å²) < 4.78 is 1.80. The molecule has 1 amide bonds. The topological polar surface area (TPSA) is 34.0 Å². The summed E-state index contributed by atoms with van der Waals surface area (Å²) in [4.78, 5) is 11.8. The van der Waals surface area contributed by atoms with Crippen molar-refractivity contribution >= 4 is 17.5 Å². The fourth-order valence-corrected chi connectivity index (χ4v) is 2.01. The molecule has 0 bridgehead atoms. The zero-order chi connectivity index (χ0) is 13.0. The predicted octanol–water partition coefficient (Wildman–Crippen LogP) is 2.65. The molecule has 1 aromatic heterocycles. The maximum atomic E-state index is 11.8. The maximum absolute atomic E-state index is 11.8. The minimum absolute atomic E-state index is 0.0514. The molecule has 0 aliphatic heterocycles. The van der Waals surface area contributed by atoms with Gasteiger partial charge in [0.25, 0.3) is 5.91 Å². The molecule has 2 aromatic rings. The Hall–Kier alpha value is -1.74. The second-order valence-electron chi connectivity index (χ2n) is 4.14. The molecule has 0 aliphatic carbocycles. The van der Waals surface area contributed by atoms with Gasteiger partial charge in [0.1, 0.15) is 5.69 Å². The van der Waals surface area contributed by atoms with Gasteiger partial charge in [-0.05, 0) is 36.2 Å². The van der Waals surface area contributed by atoms with Crippen LogP contribution in [0.2, 0.25) is 5.02 Å². The molecule has 2 rings (SSSR count). The van der Waals surface area contributed by atoms with E-state index in [1.54, 1.807) is 10.6 Å². The number of nitrogens with one attached hydrogen (secondary N) is 1. The van der Waals surface area contributed by atoms with Crippen LogP contribution in [0.5, 0.6) is 0 Å². The molecule has 4 heteroatoms. The summed E-state index contributed by atoms with van der Waals surface area (Å²) in [6.45, 7) is 0.602. The van der Waals surface area contributed by atoms with Crippen LogP contribution in [0.25, 0.3) is 0 Å². The lowest BCUT2D eigenvalue weighted by Gasteiger charge is -2.06. The van der Waals surface area contributed by atoms with Gasteiger partial charge >= 0.3 is 0 Å². The Morgan fingerprint density at radius 1 is 1.33 bits per heavy atom. The van der Waals surface area contributed by atoms with E-state index in [2.05, 4.69) is 5.32 Å². The van der Waals surface area contributed by atoms with Crippen LogP contribution < -0.4 is 5.32 Å². The van der Waals surface area contributed by atoms with E-state index in [0.29, 0.717) is 12.2 Å². The first kappa shape index (κ1) is 12.7. The molecule has 3 nitrogen and oxygen atoms in total. The van der Waals surface area contributed by atoms with Crippen molar-refractivity contribution in [2.75, 3.05) is 6.54 Å². The molecular weight excluding hydrogens is 248 g/mol. The Morgan fingerprint density at radius 2 is 2.17 bits per heavy atom. The molecule has 18 heavy (non-hydrogen) atoms. The van der Waals surface area contributed by atoms with Gasteiger partial charge in [-0.15, -0.1) is 0 Å². The number of carbonyl (C=O) groups excluding carboxylic acids is 1. The van der Waals surface area contributed by atoms with E-state index in [4.69, 9.17) is 11.6 Å². The van der Waals surface area contributed by atoms with Crippen molar-refractivity contribution in [1.29, 1.82) is 0 Å². The molecule has 0 spiro atoms. The summed E-state index contributed by atoms with van der Waals surface area (Å²) in [5, 5.41) is 3.61. The molecule has 1 heterocycles. The van der Waals surface area contributed by atoms with Crippen molar-refractivity contribution in [1.82, 2.24) is 9.88 Å². The Labute approximate surface area is 111 Å². The van der Waals surface area contributed by atoms with E-state index >= 15 is 0 Å². The lowest BCUT2D eigenvalue weighted by atomic mass is 10.1. The zero-order valence-electron chi connectivity index (χ0n) is 10.2. The van der Waals surface area contributed by atoms with Crippen LogP contribution in [0.4, 0.5) is 0 Å². The van der Waals surface area contributed by atoms with Crippen molar-refractivity contribution < 1.29 is 4.79 Å². The normalized spacial score (nSPS) is 10.3. The smallest absolute Gasteiger partial charge is 0.267 e. The van der Waals surface area contributed by atoms with Crippen LogP contribution in [0.3, 0.4) is 0 Å². The first-order valence-electron chi connectivity index (χ1n) is 5.81. The van der Waals surface area contributed by atoms with Crippen molar-refractivity contribution in [3.8, 4) is 0 Å². The van der Waals surface area contributed by atoms with Gasteiger partial charge in [0, 0.05) is 24.8 Å². The highest BCUT2D eigenvalue weighted by molar-refractivity contribution is 6.30. The van der Waals surface area contributed by atoms with E-state index in [1.807, 2.05) is 43.6 Å². The molecule has 0 fully saturated rings. The lowest BCUT2D eigenvalue weighted by Crippen LogP contribution is -2.27. The van der Waals surface area contributed by atoms with Crippen LogP contribution in [0.1, 0.15) is 16.1 Å². The molecule has 0 unspecified atom stereocenters. The van der Waals surface area contributed by atoms with Gasteiger partial charge < -0.3 is 9.88 Å². The van der Waals surface area contributed by atoms with Crippen molar-refractivity contribution in [2.45, 2.75) is 6.42 Å². The van der Waals surface area contributed by atoms with Gasteiger partial charge in [0.2, 0.25) is 0 Å². The van der Waals surface area contributed by atoms with Crippen LogP contribution in [-0.2, 0) is 13.5 Å². The standard InChI is InChI=1S/C14H15ClN2O/c1-17-9-3-6-13(17)14(18)16-8-7-11-4-2-5-12(15)10-11/h2-6,9-10H,7-8H2,1H3,(H,16,18). The van der Waals surface area contributed by atoms with Crippen molar-refractivity contribution in [3.63, 3.8) is 0 Å². The quantitative estimate of drug-likeness (QED) is 0.903. The molecule has 0 atom stereocenters. The summed E-state index contributed by atoms with van der Waals surface area (Å²) in [5.41, 5.74) is 1.79. The average molecular weight is 263 g/mol. The first-order valence-corrected chi connectivity index (χ1v) is 6.18. The molecule has 1 aromatic carbocycles. The Morgan fingerprint density at radius 3 is 2.83 bits per heavy atom. The number of nitrogens with zero attached hydrogens (tertiary/aromatic N) is 1. The monoisotopic (exact) mass is 262 g/mol. The minimum atomic E-state index is -0.0514. The maximum Gasteiger partial charge on any atom is 0.267 e. The second-order valence-corrected chi connectivity index (χ2v) is 4.58. The molecule has 94 valence electrons. The minimum Gasteiger partial charge on any atom is -0.350 e. The van der Waals surface area contributed by atoms with E-state index in [0.717, 1.165) is 17.0 Å². The van der Waals surface area contributed by atoms with Gasteiger partial charge in [-0.25, -0.2) is 0 Å². The highest BCUT2D eigenvalue weighted by Gasteiger charge is 2.07. The van der Waals surface area contributed by atoms with E-state index in [1.165, 1.54) is 0 Å². The fraction of sp³-hybridized carbons (Fsp3) is 0.214. The summed E-state index contributed by atoms with van der Waals surface area (Å²) in [5.74, 6) is -0.0514. The molecule has 1 N–H and O–H groups in total. The molecule has 0 saturated heterocycles. The van der Waals surface area contributed by atoms with Crippen molar-refractivity contribution in [2.24, 2.45) is 7.05 Å². The van der Waals surface area contributed by atoms with Gasteiger partial charge in [0.05, 0.1) is 0 Å². The SMILES string of the molecule is Cn1cccc1C(=O)NCCc1cccc(Cl)c1.